The molecule has 0 saturated carbocycles. The van der Waals surface area contributed by atoms with Crippen molar-refractivity contribution in [3.05, 3.63) is 11.4 Å². The molecule has 118 valence electrons. The van der Waals surface area contributed by atoms with Crippen LogP contribution in [0.25, 0.3) is 0 Å². The highest BCUT2D eigenvalue weighted by molar-refractivity contribution is 5.73. The zero-order chi connectivity index (χ0) is 15.6. The number of rotatable bonds is 3. The van der Waals surface area contributed by atoms with Gasteiger partial charge in [-0.2, -0.15) is 0 Å². The number of amides is 1. The van der Waals surface area contributed by atoms with Crippen molar-refractivity contribution in [2.75, 3.05) is 27.3 Å². The fourth-order valence-electron chi connectivity index (χ4n) is 2.77. The van der Waals surface area contributed by atoms with Gasteiger partial charge in [0, 0.05) is 46.7 Å². The van der Waals surface area contributed by atoms with Gasteiger partial charge in [-0.05, 0) is 13.8 Å². The Bertz CT molecular complexity index is 500. The summed E-state index contributed by atoms with van der Waals surface area (Å²) in [5.74, 6) is 0.0407. The monoisotopic (exact) mass is 296 g/mol. The van der Waals surface area contributed by atoms with E-state index in [1.165, 1.54) is 0 Å². The Balaban J connectivity index is 2.44. The molecule has 2 atom stereocenters. The van der Waals surface area contributed by atoms with Crippen molar-refractivity contribution < 1.29 is 14.3 Å². The summed E-state index contributed by atoms with van der Waals surface area (Å²) in [7, 11) is 3.26. The van der Waals surface area contributed by atoms with E-state index in [1.807, 2.05) is 4.68 Å². The Kier molecular flexibility index (Phi) is 4.95. The van der Waals surface area contributed by atoms with Gasteiger partial charge in [0.1, 0.15) is 17.9 Å². The largest absolute Gasteiger partial charge is 0.376 e. The Morgan fingerprint density at radius 1 is 1.33 bits per heavy atom. The average Bonchev–Trinajstić information content (AvgIpc) is 2.82. The molecule has 1 amide bonds. The first-order valence-corrected chi connectivity index (χ1v) is 7.24. The summed E-state index contributed by atoms with van der Waals surface area (Å²) in [4.78, 5) is 13.6. The molecule has 0 saturated heterocycles. The first-order chi connectivity index (χ1) is 9.99. The van der Waals surface area contributed by atoms with Crippen molar-refractivity contribution >= 4 is 5.91 Å². The molecule has 1 aromatic heterocycles. The lowest BCUT2D eigenvalue weighted by Gasteiger charge is -2.32. The van der Waals surface area contributed by atoms with Crippen LogP contribution in [0.4, 0.5) is 0 Å². The summed E-state index contributed by atoms with van der Waals surface area (Å²) in [5, 5.41) is 8.55. The Hall–Kier alpha value is -1.47. The third-order valence-corrected chi connectivity index (χ3v) is 3.94. The maximum Gasteiger partial charge on any atom is 0.219 e. The number of carbonyl (C=O) groups is 1. The van der Waals surface area contributed by atoms with Crippen molar-refractivity contribution in [1.29, 1.82) is 0 Å². The molecule has 2 unspecified atom stereocenters. The second-order valence-corrected chi connectivity index (χ2v) is 5.61. The fraction of sp³-hybridized carbons (Fsp3) is 0.786. The fourth-order valence-corrected chi connectivity index (χ4v) is 2.77. The predicted molar refractivity (Wildman–Crippen MR) is 76.9 cm³/mol. The van der Waals surface area contributed by atoms with Crippen LogP contribution in [0.3, 0.4) is 0 Å². The van der Waals surface area contributed by atoms with E-state index in [-0.39, 0.29) is 24.2 Å². The lowest BCUT2D eigenvalue weighted by Crippen LogP contribution is -2.43. The molecule has 0 aliphatic carbocycles. The SMILES string of the molecule is COC1CN(C(C)=O)CCc2c(nnn2C(C)C)C1OC. The molecule has 0 bridgehead atoms. The van der Waals surface area contributed by atoms with Crippen LogP contribution in [0.2, 0.25) is 0 Å². The highest BCUT2D eigenvalue weighted by Crippen LogP contribution is 2.28. The smallest absolute Gasteiger partial charge is 0.219 e. The summed E-state index contributed by atoms with van der Waals surface area (Å²) < 4.78 is 13.0. The molecule has 0 fully saturated rings. The Labute approximate surface area is 125 Å². The molecule has 7 nitrogen and oxygen atoms in total. The highest BCUT2D eigenvalue weighted by Gasteiger charge is 2.34. The Morgan fingerprint density at radius 2 is 2.05 bits per heavy atom. The summed E-state index contributed by atoms with van der Waals surface area (Å²) in [6.07, 6.45) is 0.144. The van der Waals surface area contributed by atoms with Crippen LogP contribution in [-0.4, -0.2) is 59.2 Å². The molecule has 0 aromatic carbocycles. The number of nitrogens with zero attached hydrogens (tertiary/aromatic N) is 4. The van der Waals surface area contributed by atoms with Crippen LogP contribution in [0.1, 0.15) is 44.3 Å². The van der Waals surface area contributed by atoms with Gasteiger partial charge < -0.3 is 14.4 Å². The van der Waals surface area contributed by atoms with Crippen molar-refractivity contribution in [2.24, 2.45) is 0 Å². The maximum absolute atomic E-state index is 11.8. The second-order valence-electron chi connectivity index (χ2n) is 5.61. The van der Waals surface area contributed by atoms with Crippen LogP contribution in [0, 0.1) is 0 Å². The van der Waals surface area contributed by atoms with E-state index < -0.39 is 0 Å². The van der Waals surface area contributed by atoms with E-state index >= 15 is 0 Å². The first kappa shape index (κ1) is 15.9. The molecule has 0 radical (unpaired) electrons. The molecule has 1 aliphatic rings. The molecule has 2 rings (SSSR count). The number of fused-ring (bicyclic) bond motifs is 1. The lowest BCUT2D eigenvalue weighted by atomic mass is 10.0. The molecule has 0 spiro atoms. The van der Waals surface area contributed by atoms with Gasteiger partial charge in [-0.25, -0.2) is 4.68 Å². The van der Waals surface area contributed by atoms with Crippen LogP contribution in [-0.2, 0) is 20.7 Å². The summed E-state index contributed by atoms with van der Waals surface area (Å²) in [6, 6.07) is 0.213. The van der Waals surface area contributed by atoms with Crippen molar-refractivity contribution in [1.82, 2.24) is 19.9 Å². The van der Waals surface area contributed by atoms with E-state index in [0.29, 0.717) is 13.1 Å². The van der Waals surface area contributed by atoms with Crippen LogP contribution < -0.4 is 0 Å². The quantitative estimate of drug-likeness (QED) is 0.831. The Morgan fingerprint density at radius 3 is 2.57 bits per heavy atom. The zero-order valence-corrected chi connectivity index (χ0v) is 13.4. The molecule has 1 aromatic rings. The summed E-state index contributed by atoms with van der Waals surface area (Å²) in [5.41, 5.74) is 1.84. The van der Waals surface area contributed by atoms with Gasteiger partial charge in [-0.1, -0.05) is 5.21 Å². The van der Waals surface area contributed by atoms with Gasteiger partial charge in [0.25, 0.3) is 0 Å². The van der Waals surface area contributed by atoms with E-state index in [0.717, 1.165) is 17.8 Å². The molecular formula is C14H24N4O3. The number of carbonyl (C=O) groups excluding carboxylic acids is 1. The van der Waals surface area contributed by atoms with Crippen LogP contribution >= 0.6 is 0 Å². The number of methoxy groups -OCH3 is 2. The van der Waals surface area contributed by atoms with E-state index in [2.05, 4.69) is 24.2 Å². The molecule has 21 heavy (non-hydrogen) atoms. The molecule has 2 heterocycles. The first-order valence-electron chi connectivity index (χ1n) is 7.24. The van der Waals surface area contributed by atoms with Gasteiger partial charge in [0.15, 0.2) is 0 Å². The normalized spacial score (nSPS) is 22.9. The van der Waals surface area contributed by atoms with Crippen LogP contribution in [0.15, 0.2) is 0 Å². The maximum atomic E-state index is 11.8. The molecular weight excluding hydrogens is 272 g/mol. The standard InChI is InChI=1S/C14H24N4O3/c1-9(2)18-11-6-7-17(10(3)19)8-12(20-4)14(21-5)13(11)15-16-18/h9,12,14H,6-8H2,1-5H3. The minimum absolute atomic E-state index is 0.0407. The van der Waals surface area contributed by atoms with Crippen molar-refractivity contribution in [2.45, 2.75) is 45.4 Å². The lowest BCUT2D eigenvalue weighted by molar-refractivity contribution is -0.133. The summed E-state index contributed by atoms with van der Waals surface area (Å²) >= 11 is 0. The topological polar surface area (TPSA) is 69.5 Å². The third kappa shape index (κ3) is 3.08. The number of hydrogen-bond donors (Lipinski definition) is 0. The third-order valence-electron chi connectivity index (χ3n) is 3.94. The second kappa shape index (κ2) is 6.53. The number of aromatic nitrogens is 3. The minimum Gasteiger partial charge on any atom is -0.376 e. The van der Waals surface area contributed by atoms with Gasteiger partial charge in [0.2, 0.25) is 5.91 Å². The zero-order valence-electron chi connectivity index (χ0n) is 13.4. The average molecular weight is 296 g/mol. The van der Waals surface area contributed by atoms with E-state index in [4.69, 9.17) is 9.47 Å². The molecule has 1 aliphatic heterocycles. The van der Waals surface area contributed by atoms with E-state index in [1.54, 1.807) is 26.0 Å². The minimum atomic E-state index is -0.320. The number of hydrogen-bond acceptors (Lipinski definition) is 5. The van der Waals surface area contributed by atoms with Gasteiger partial charge >= 0.3 is 0 Å². The highest BCUT2D eigenvalue weighted by atomic mass is 16.5. The number of ether oxygens (including phenoxy) is 2. The van der Waals surface area contributed by atoms with Crippen LogP contribution in [0.5, 0.6) is 0 Å². The van der Waals surface area contributed by atoms with Gasteiger partial charge in [0.05, 0.1) is 5.69 Å². The van der Waals surface area contributed by atoms with E-state index in [9.17, 15) is 4.79 Å². The van der Waals surface area contributed by atoms with Gasteiger partial charge in [-0.3, -0.25) is 4.79 Å². The molecule has 7 heteroatoms. The van der Waals surface area contributed by atoms with Gasteiger partial charge in [-0.15, -0.1) is 5.10 Å². The van der Waals surface area contributed by atoms with Crippen molar-refractivity contribution in [3.63, 3.8) is 0 Å². The van der Waals surface area contributed by atoms with Crippen molar-refractivity contribution in [3.8, 4) is 0 Å². The molecule has 0 N–H and O–H groups in total. The predicted octanol–water partition coefficient (Wildman–Crippen LogP) is 0.966. The summed E-state index contributed by atoms with van der Waals surface area (Å²) in [6.45, 7) is 6.84.